The maximum atomic E-state index is 12.9. The predicted octanol–water partition coefficient (Wildman–Crippen LogP) is 6.59. The molecule has 0 aliphatic heterocycles. The number of nitrogens with zero attached hydrogens (tertiary/aromatic N) is 2. The number of carbonyl (C=O) groups is 1. The number of hydrogen-bond donors (Lipinski definition) is 2. The van der Waals surface area contributed by atoms with Gasteiger partial charge in [-0.3, -0.25) is 10.1 Å². The highest BCUT2D eigenvalue weighted by molar-refractivity contribution is 7.20. The highest BCUT2D eigenvalue weighted by Crippen LogP contribution is 2.35. The van der Waals surface area contributed by atoms with Crippen LogP contribution < -0.4 is 10.6 Å². The number of anilines is 3. The summed E-state index contributed by atoms with van der Waals surface area (Å²) in [5.74, 6) is -0.656. The zero-order chi connectivity index (χ0) is 22.0. The second-order valence-corrected chi connectivity index (χ2v) is 8.35. The minimum Gasteiger partial charge on any atom is -0.332 e. The second-order valence-electron chi connectivity index (χ2n) is 6.50. The Morgan fingerprint density at radius 1 is 1.00 bits per heavy atom. The van der Waals surface area contributed by atoms with Gasteiger partial charge in [-0.25, -0.2) is 9.97 Å². The van der Waals surface area contributed by atoms with Gasteiger partial charge in [0.05, 0.1) is 21.8 Å². The van der Waals surface area contributed by atoms with E-state index in [2.05, 4.69) is 20.6 Å². The van der Waals surface area contributed by atoms with Gasteiger partial charge >= 0.3 is 6.18 Å². The fraction of sp³-hybridized carbons (Fsp3) is 0.0952. The number of para-hydroxylation sites is 1. The van der Waals surface area contributed by atoms with Gasteiger partial charge in [0, 0.05) is 16.6 Å². The fourth-order valence-corrected chi connectivity index (χ4v) is 4.49. The number of aromatic nitrogens is 2. The number of rotatable bonds is 5. The summed E-state index contributed by atoms with van der Waals surface area (Å²) < 4.78 is 38.7. The molecule has 0 fully saturated rings. The molecule has 2 aromatic heterocycles. The van der Waals surface area contributed by atoms with E-state index in [1.54, 1.807) is 6.92 Å². The molecule has 2 heterocycles. The van der Waals surface area contributed by atoms with Crippen LogP contribution in [0.25, 0.3) is 10.6 Å². The molecule has 0 saturated heterocycles. The van der Waals surface area contributed by atoms with Crippen molar-refractivity contribution in [2.75, 3.05) is 10.6 Å². The van der Waals surface area contributed by atoms with E-state index in [9.17, 15) is 18.0 Å². The van der Waals surface area contributed by atoms with Crippen LogP contribution in [0.1, 0.15) is 21.6 Å². The summed E-state index contributed by atoms with van der Waals surface area (Å²) in [5, 5.41) is 8.68. The molecule has 5 nitrogen and oxygen atoms in total. The lowest BCUT2D eigenvalue weighted by Gasteiger charge is -2.08. The summed E-state index contributed by atoms with van der Waals surface area (Å²) in [5.41, 5.74) is 1.32. The summed E-state index contributed by atoms with van der Waals surface area (Å²) in [6, 6.07) is 13.9. The van der Waals surface area contributed by atoms with E-state index >= 15 is 0 Å². The van der Waals surface area contributed by atoms with Crippen molar-refractivity contribution < 1.29 is 18.0 Å². The molecule has 4 aromatic rings. The normalized spacial score (nSPS) is 11.4. The number of benzene rings is 2. The minimum absolute atomic E-state index is 0.0905. The summed E-state index contributed by atoms with van der Waals surface area (Å²) in [6.07, 6.45) is -4.52. The lowest BCUT2D eigenvalue weighted by Crippen LogP contribution is -2.13. The van der Waals surface area contributed by atoms with Gasteiger partial charge in [0.1, 0.15) is 0 Å². The molecule has 0 radical (unpaired) electrons. The quantitative estimate of drug-likeness (QED) is 0.353. The number of thiazole rings is 2. The van der Waals surface area contributed by atoms with Crippen molar-refractivity contribution in [3.05, 3.63) is 76.8 Å². The average Bonchev–Trinajstić information content (AvgIpc) is 3.34. The number of hydrogen-bond acceptors (Lipinski definition) is 6. The number of nitrogens with one attached hydrogen (secondary N) is 2. The van der Waals surface area contributed by atoms with Gasteiger partial charge in [-0.15, -0.1) is 11.3 Å². The molecule has 2 aromatic carbocycles. The van der Waals surface area contributed by atoms with Crippen LogP contribution in [0.5, 0.6) is 0 Å². The number of aryl methyl sites for hydroxylation is 1. The SMILES string of the molecule is Cc1nc(NC(=O)c2cccc(C(F)(F)F)c2)sc1-c1csc(Nc2ccccc2)n1. The molecule has 4 rings (SSSR count). The van der Waals surface area contributed by atoms with Crippen molar-refractivity contribution >= 4 is 44.5 Å². The number of alkyl halides is 3. The Balaban J connectivity index is 1.50. The topological polar surface area (TPSA) is 66.9 Å². The van der Waals surface area contributed by atoms with E-state index in [4.69, 9.17) is 0 Å². The summed E-state index contributed by atoms with van der Waals surface area (Å²) in [7, 11) is 0. The zero-order valence-corrected chi connectivity index (χ0v) is 17.7. The Labute approximate surface area is 183 Å². The Bertz CT molecular complexity index is 1220. The molecule has 1 amide bonds. The second kappa shape index (κ2) is 8.48. The maximum absolute atomic E-state index is 12.9. The fourth-order valence-electron chi connectivity index (χ4n) is 2.77. The first-order chi connectivity index (χ1) is 14.8. The van der Waals surface area contributed by atoms with Crippen molar-refractivity contribution in [3.63, 3.8) is 0 Å². The molecule has 158 valence electrons. The van der Waals surface area contributed by atoms with Crippen molar-refractivity contribution in [1.29, 1.82) is 0 Å². The van der Waals surface area contributed by atoms with Crippen LogP contribution in [0.4, 0.5) is 29.1 Å². The predicted molar refractivity (Wildman–Crippen MR) is 117 cm³/mol. The Morgan fingerprint density at radius 2 is 1.77 bits per heavy atom. The Hall–Kier alpha value is -3.24. The molecule has 0 unspecified atom stereocenters. The van der Waals surface area contributed by atoms with Gasteiger partial charge in [0.2, 0.25) is 0 Å². The maximum Gasteiger partial charge on any atom is 0.416 e. The van der Waals surface area contributed by atoms with E-state index in [-0.39, 0.29) is 5.56 Å². The van der Waals surface area contributed by atoms with Crippen LogP contribution in [0.3, 0.4) is 0 Å². The molecule has 0 atom stereocenters. The summed E-state index contributed by atoms with van der Waals surface area (Å²) >= 11 is 2.65. The Kier molecular flexibility index (Phi) is 5.75. The van der Waals surface area contributed by atoms with Crippen molar-refractivity contribution in [1.82, 2.24) is 9.97 Å². The van der Waals surface area contributed by atoms with E-state index in [1.165, 1.54) is 34.8 Å². The molecule has 0 aliphatic rings. The largest absolute Gasteiger partial charge is 0.416 e. The smallest absolute Gasteiger partial charge is 0.332 e. The first kappa shape index (κ1) is 21.0. The monoisotopic (exact) mass is 460 g/mol. The standard InChI is InChI=1S/C21H15F3N4OS2/c1-12-17(16-11-30-19(27-16)26-15-8-3-2-4-9-15)31-20(25-12)28-18(29)13-6-5-7-14(10-13)21(22,23)24/h2-11H,1H3,(H,26,27)(H,25,28,29). The number of amides is 1. The summed E-state index contributed by atoms with van der Waals surface area (Å²) in [4.78, 5) is 22.1. The third-order valence-corrected chi connectivity index (χ3v) is 6.08. The first-order valence-electron chi connectivity index (χ1n) is 9.03. The van der Waals surface area contributed by atoms with Gasteiger partial charge in [-0.1, -0.05) is 35.6 Å². The van der Waals surface area contributed by atoms with Crippen LogP contribution in [0.15, 0.2) is 60.0 Å². The third-order valence-electron chi connectivity index (χ3n) is 4.23. The molecular weight excluding hydrogens is 445 g/mol. The molecule has 0 spiro atoms. The number of halogens is 3. The van der Waals surface area contributed by atoms with Gasteiger partial charge in [0.15, 0.2) is 10.3 Å². The molecular formula is C21H15F3N4OS2. The van der Waals surface area contributed by atoms with Gasteiger partial charge in [-0.05, 0) is 37.3 Å². The van der Waals surface area contributed by atoms with Gasteiger partial charge < -0.3 is 5.32 Å². The first-order valence-corrected chi connectivity index (χ1v) is 10.7. The van der Waals surface area contributed by atoms with Crippen LogP contribution in [-0.4, -0.2) is 15.9 Å². The molecule has 2 N–H and O–H groups in total. The molecule has 0 bridgehead atoms. The van der Waals surface area contributed by atoms with Gasteiger partial charge in [-0.2, -0.15) is 13.2 Å². The van der Waals surface area contributed by atoms with E-state index in [1.807, 2.05) is 35.7 Å². The third kappa shape index (κ3) is 4.92. The van der Waals surface area contributed by atoms with E-state index in [0.717, 1.165) is 22.7 Å². The lowest BCUT2D eigenvalue weighted by atomic mass is 10.1. The van der Waals surface area contributed by atoms with Crippen LogP contribution >= 0.6 is 22.7 Å². The van der Waals surface area contributed by atoms with Crippen LogP contribution in [0, 0.1) is 6.92 Å². The zero-order valence-electron chi connectivity index (χ0n) is 16.0. The molecule has 0 saturated carbocycles. The van der Waals surface area contributed by atoms with E-state index < -0.39 is 17.6 Å². The van der Waals surface area contributed by atoms with E-state index in [0.29, 0.717) is 21.7 Å². The van der Waals surface area contributed by atoms with Crippen LogP contribution in [-0.2, 0) is 6.18 Å². The molecule has 31 heavy (non-hydrogen) atoms. The van der Waals surface area contributed by atoms with Gasteiger partial charge in [0.25, 0.3) is 5.91 Å². The summed E-state index contributed by atoms with van der Waals surface area (Å²) in [6.45, 7) is 1.79. The van der Waals surface area contributed by atoms with Crippen molar-refractivity contribution in [2.24, 2.45) is 0 Å². The van der Waals surface area contributed by atoms with Crippen molar-refractivity contribution in [3.8, 4) is 10.6 Å². The highest BCUT2D eigenvalue weighted by atomic mass is 32.1. The average molecular weight is 461 g/mol. The lowest BCUT2D eigenvalue weighted by molar-refractivity contribution is -0.137. The number of carbonyl (C=O) groups excluding carboxylic acids is 1. The van der Waals surface area contributed by atoms with Crippen molar-refractivity contribution in [2.45, 2.75) is 13.1 Å². The molecule has 10 heteroatoms. The minimum atomic E-state index is -4.52. The Morgan fingerprint density at radius 3 is 2.52 bits per heavy atom. The molecule has 0 aliphatic carbocycles. The van der Waals surface area contributed by atoms with Crippen LogP contribution in [0.2, 0.25) is 0 Å². The highest BCUT2D eigenvalue weighted by Gasteiger charge is 2.31.